The number of allylic oxidation sites excluding steroid dienone is 1. The number of nitrogens with one attached hydrogen (secondary N) is 1. The highest BCUT2D eigenvalue weighted by atomic mass is 15.4. The first-order valence-electron chi connectivity index (χ1n) is 10.9. The lowest BCUT2D eigenvalue weighted by Crippen LogP contribution is -2.20. The summed E-state index contributed by atoms with van der Waals surface area (Å²) in [6, 6.07) is 18.0. The van der Waals surface area contributed by atoms with Crippen molar-refractivity contribution in [3.05, 3.63) is 83.2 Å². The van der Waals surface area contributed by atoms with E-state index in [0.717, 1.165) is 24.0 Å². The van der Waals surface area contributed by atoms with Crippen molar-refractivity contribution in [3.63, 3.8) is 0 Å². The van der Waals surface area contributed by atoms with Crippen LogP contribution in [0.25, 0.3) is 5.70 Å². The van der Waals surface area contributed by atoms with Crippen molar-refractivity contribution in [2.24, 2.45) is 0 Å². The van der Waals surface area contributed by atoms with Crippen LogP contribution in [0.15, 0.2) is 60.9 Å². The summed E-state index contributed by atoms with van der Waals surface area (Å²) in [5.74, 6) is 1.53. The molecule has 1 aliphatic heterocycles. The van der Waals surface area contributed by atoms with Gasteiger partial charge in [0.2, 0.25) is 5.95 Å². The number of anilines is 1. The number of benzene rings is 2. The van der Waals surface area contributed by atoms with E-state index in [1.54, 1.807) is 6.33 Å². The molecule has 4 nitrogen and oxygen atoms in total. The van der Waals surface area contributed by atoms with E-state index < -0.39 is 0 Å². The molecule has 1 N–H and O–H groups in total. The number of aromatic nitrogens is 3. The molecule has 5 rings (SSSR count). The summed E-state index contributed by atoms with van der Waals surface area (Å²) in [5.41, 5.74) is 6.37. The average molecular weight is 385 g/mol. The molecule has 1 aromatic heterocycles. The lowest BCUT2D eigenvalue weighted by Gasteiger charge is -2.25. The van der Waals surface area contributed by atoms with Crippen LogP contribution in [0, 0.1) is 0 Å². The third-order valence-electron chi connectivity index (χ3n) is 6.44. The van der Waals surface area contributed by atoms with Gasteiger partial charge in [0, 0.05) is 5.70 Å². The predicted molar refractivity (Wildman–Crippen MR) is 118 cm³/mol. The molecule has 0 saturated heterocycles. The minimum atomic E-state index is 0.0488. The van der Waals surface area contributed by atoms with Crippen LogP contribution >= 0.6 is 0 Å². The molecular formula is C25H28N4. The SMILES string of the molecule is CCc1ccc([C@H]2C=C(c3ccc(C4CCCCC4)cc3)Nc3ncnn32)cc1. The molecule has 148 valence electrons. The van der Waals surface area contributed by atoms with Crippen LogP contribution in [0.5, 0.6) is 0 Å². The third-order valence-corrected chi connectivity index (χ3v) is 6.44. The summed E-state index contributed by atoms with van der Waals surface area (Å²) < 4.78 is 1.96. The highest BCUT2D eigenvalue weighted by Gasteiger charge is 2.23. The summed E-state index contributed by atoms with van der Waals surface area (Å²) in [6.45, 7) is 2.18. The van der Waals surface area contributed by atoms with E-state index in [2.05, 4.69) is 76.9 Å². The predicted octanol–water partition coefficient (Wildman–Crippen LogP) is 5.94. The summed E-state index contributed by atoms with van der Waals surface area (Å²) in [5, 5.41) is 7.92. The van der Waals surface area contributed by atoms with E-state index in [1.165, 1.54) is 54.4 Å². The van der Waals surface area contributed by atoms with Gasteiger partial charge in [-0.05, 0) is 53.5 Å². The van der Waals surface area contributed by atoms with Crippen molar-refractivity contribution >= 4 is 11.6 Å². The van der Waals surface area contributed by atoms with E-state index >= 15 is 0 Å². The Kier molecular flexibility index (Phi) is 4.92. The Hall–Kier alpha value is -2.88. The number of aryl methyl sites for hydroxylation is 1. The smallest absolute Gasteiger partial charge is 0.226 e. The van der Waals surface area contributed by atoms with E-state index in [4.69, 9.17) is 0 Å². The zero-order chi connectivity index (χ0) is 19.6. The Morgan fingerprint density at radius 1 is 0.931 bits per heavy atom. The minimum Gasteiger partial charge on any atom is -0.324 e. The van der Waals surface area contributed by atoms with Crippen LogP contribution in [-0.2, 0) is 6.42 Å². The fraction of sp³-hybridized carbons (Fsp3) is 0.360. The molecule has 3 aromatic rings. The Balaban J connectivity index is 1.45. The maximum Gasteiger partial charge on any atom is 0.226 e. The molecule has 0 radical (unpaired) electrons. The molecule has 0 amide bonds. The van der Waals surface area contributed by atoms with Crippen LogP contribution in [0.1, 0.15) is 73.2 Å². The molecule has 1 atom stereocenters. The molecule has 1 fully saturated rings. The second-order valence-corrected chi connectivity index (χ2v) is 8.23. The first-order chi connectivity index (χ1) is 14.3. The second-order valence-electron chi connectivity index (χ2n) is 8.23. The highest BCUT2D eigenvalue weighted by molar-refractivity contribution is 5.77. The molecule has 0 unspecified atom stereocenters. The largest absolute Gasteiger partial charge is 0.324 e. The summed E-state index contributed by atoms with van der Waals surface area (Å²) in [4.78, 5) is 4.43. The average Bonchev–Trinajstić information content (AvgIpc) is 3.28. The lowest BCUT2D eigenvalue weighted by atomic mass is 9.84. The quantitative estimate of drug-likeness (QED) is 0.605. The third kappa shape index (κ3) is 3.59. The van der Waals surface area contributed by atoms with Crippen LogP contribution in [0.3, 0.4) is 0 Å². The number of hydrogen-bond donors (Lipinski definition) is 1. The Bertz CT molecular complexity index is 992. The van der Waals surface area contributed by atoms with E-state index in [9.17, 15) is 0 Å². The maximum absolute atomic E-state index is 4.46. The summed E-state index contributed by atoms with van der Waals surface area (Å²) in [7, 11) is 0. The van der Waals surface area contributed by atoms with Gasteiger partial charge in [-0.25, -0.2) is 4.68 Å². The fourth-order valence-corrected chi connectivity index (χ4v) is 4.66. The number of hydrogen-bond acceptors (Lipinski definition) is 3. The molecule has 29 heavy (non-hydrogen) atoms. The molecule has 1 saturated carbocycles. The van der Waals surface area contributed by atoms with E-state index in [-0.39, 0.29) is 6.04 Å². The summed E-state index contributed by atoms with van der Waals surface area (Å²) in [6.07, 6.45) is 11.7. The number of fused-ring (bicyclic) bond motifs is 1. The van der Waals surface area contributed by atoms with Gasteiger partial charge in [0.15, 0.2) is 0 Å². The molecule has 2 aromatic carbocycles. The van der Waals surface area contributed by atoms with Gasteiger partial charge in [-0.1, -0.05) is 74.7 Å². The van der Waals surface area contributed by atoms with Crippen molar-refractivity contribution in [1.82, 2.24) is 14.8 Å². The first-order valence-corrected chi connectivity index (χ1v) is 10.9. The van der Waals surface area contributed by atoms with Gasteiger partial charge in [-0.15, -0.1) is 0 Å². The van der Waals surface area contributed by atoms with Crippen LogP contribution in [0.2, 0.25) is 0 Å². The molecule has 2 heterocycles. The standard InChI is InChI=1S/C25H28N4/c1-2-18-8-10-22(11-9-18)24-16-23(28-25-26-17-27-29(24)25)21-14-12-20(13-15-21)19-6-4-3-5-7-19/h8-17,19,24H,2-7H2,1H3,(H,26,27,28)/t24-/m1/s1. The topological polar surface area (TPSA) is 42.7 Å². The van der Waals surface area contributed by atoms with E-state index in [1.807, 2.05) is 4.68 Å². The normalized spacial score (nSPS) is 19.3. The van der Waals surface area contributed by atoms with Gasteiger partial charge in [0.25, 0.3) is 0 Å². The van der Waals surface area contributed by atoms with Gasteiger partial charge in [0.1, 0.15) is 12.4 Å². The molecule has 2 aliphatic rings. The van der Waals surface area contributed by atoms with Gasteiger partial charge < -0.3 is 5.32 Å². The van der Waals surface area contributed by atoms with Crippen molar-refractivity contribution < 1.29 is 0 Å². The van der Waals surface area contributed by atoms with Crippen molar-refractivity contribution in [2.75, 3.05) is 5.32 Å². The van der Waals surface area contributed by atoms with Crippen molar-refractivity contribution in [2.45, 2.75) is 57.4 Å². The van der Waals surface area contributed by atoms with Gasteiger partial charge in [-0.2, -0.15) is 10.1 Å². The minimum absolute atomic E-state index is 0.0488. The zero-order valence-corrected chi connectivity index (χ0v) is 17.0. The zero-order valence-electron chi connectivity index (χ0n) is 17.0. The van der Waals surface area contributed by atoms with Crippen LogP contribution < -0.4 is 5.32 Å². The van der Waals surface area contributed by atoms with Gasteiger partial charge in [0.05, 0.1) is 0 Å². The molecule has 0 bridgehead atoms. The summed E-state index contributed by atoms with van der Waals surface area (Å²) >= 11 is 0. The van der Waals surface area contributed by atoms with Gasteiger partial charge in [-0.3, -0.25) is 0 Å². The number of nitrogens with zero attached hydrogens (tertiary/aromatic N) is 3. The van der Waals surface area contributed by atoms with Crippen molar-refractivity contribution in [3.8, 4) is 0 Å². The second kappa shape index (κ2) is 7.86. The van der Waals surface area contributed by atoms with Crippen molar-refractivity contribution in [1.29, 1.82) is 0 Å². The highest BCUT2D eigenvalue weighted by Crippen LogP contribution is 2.35. The first kappa shape index (κ1) is 18.2. The van der Waals surface area contributed by atoms with Crippen LogP contribution in [-0.4, -0.2) is 14.8 Å². The fourth-order valence-electron chi connectivity index (χ4n) is 4.66. The Labute approximate surface area is 172 Å². The monoisotopic (exact) mass is 384 g/mol. The Morgan fingerprint density at radius 3 is 2.38 bits per heavy atom. The molecule has 1 aliphatic carbocycles. The lowest BCUT2D eigenvalue weighted by molar-refractivity contribution is 0.443. The maximum atomic E-state index is 4.46. The molecule has 4 heteroatoms. The van der Waals surface area contributed by atoms with Gasteiger partial charge >= 0.3 is 0 Å². The molecular weight excluding hydrogens is 356 g/mol. The van der Waals surface area contributed by atoms with E-state index in [0.29, 0.717) is 0 Å². The van der Waals surface area contributed by atoms with Crippen LogP contribution in [0.4, 0.5) is 5.95 Å². The Morgan fingerprint density at radius 2 is 1.66 bits per heavy atom. The number of rotatable bonds is 4. The molecule has 0 spiro atoms.